The predicted octanol–water partition coefficient (Wildman–Crippen LogP) is 5.89. The SMILES string of the molecule is COc1ccc(Oc2ccc(C(=O)C([S+]3CCCCC3)C(C)(C)C)cc2)cc1. The minimum absolute atomic E-state index is 0.0181. The van der Waals surface area contributed by atoms with Crippen molar-refractivity contribution in [1.29, 1.82) is 0 Å². The van der Waals surface area contributed by atoms with Crippen LogP contribution in [0.1, 0.15) is 50.4 Å². The van der Waals surface area contributed by atoms with Crippen LogP contribution in [0.15, 0.2) is 48.5 Å². The van der Waals surface area contributed by atoms with Gasteiger partial charge in [0.15, 0.2) is 5.25 Å². The van der Waals surface area contributed by atoms with E-state index in [1.54, 1.807) is 7.11 Å². The molecule has 1 heterocycles. The molecule has 1 fully saturated rings. The van der Waals surface area contributed by atoms with Gasteiger partial charge in [0.05, 0.1) is 7.11 Å². The molecule has 1 unspecified atom stereocenters. The summed E-state index contributed by atoms with van der Waals surface area (Å²) in [6, 6.07) is 15.1. The minimum Gasteiger partial charge on any atom is -0.497 e. The fraction of sp³-hybridized carbons (Fsp3) is 0.458. The van der Waals surface area contributed by atoms with Crippen molar-refractivity contribution >= 4 is 16.7 Å². The molecule has 1 aliphatic heterocycles. The number of ether oxygens (including phenoxy) is 2. The highest BCUT2D eigenvalue weighted by molar-refractivity contribution is 7.98. The molecule has 2 aromatic rings. The van der Waals surface area contributed by atoms with Crippen molar-refractivity contribution in [2.45, 2.75) is 45.3 Å². The molecule has 0 amide bonds. The number of carbonyl (C=O) groups is 1. The van der Waals surface area contributed by atoms with Crippen molar-refractivity contribution in [2.75, 3.05) is 18.6 Å². The van der Waals surface area contributed by atoms with Crippen LogP contribution in [-0.4, -0.2) is 29.6 Å². The van der Waals surface area contributed by atoms with Gasteiger partial charge in [-0.05, 0) is 78.7 Å². The monoisotopic (exact) mass is 399 g/mol. The molecule has 3 rings (SSSR count). The molecule has 28 heavy (non-hydrogen) atoms. The van der Waals surface area contributed by atoms with Crippen LogP contribution in [0, 0.1) is 5.41 Å². The lowest BCUT2D eigenvalue weighted by Crippen LogP contribution is -2.45. The number of benzene rings is 2. The Balaban J connectivity index is 1.73. The quantitative estimate of drug-likeness (QED) is 0.449. The molecule has 2 aromatic carbocycles. The van der Waals surface area contributed by atoms with Gasteiger partial charge >= 0.3 is 0 Å². The average Bonchev–Trinajstić information content (AvgIpc) is 2.69. The van der Waals surface area contributed by atoms with Gasteiger partial charge in [0, 0.05) is 11.0 Å². The fourth-order valence-corrected chi connectivity index (χ4v) is 7.02. The molecule has 4 heteroatoms. The minimum atomic E-state index is -0.0181. The molecule has 0 spiro atoms. The lowest BCUT2D eigenvalue weighted by atomic mass is 9.87. The smallest absolute Gasteiger partial charge is 0.215 e. The maximum absolute atomic E-state index is 13.4. The second kappa shape index (κ2) is 9.04. The summed E-state index contributed by atoms with van der Waals surface area (Å²) in [5.41, 5.74) is 0.774. The molecule has 150 valence electrons. The summed E-state index contributed by atoms with van der Waals surface area (Å²) in [6.45, 7) is 6.62. The highest BCUT2D eigenvalue weighted by Crippen LogP contribution is 2.34. The Bertz CT molecular complexity index is 769. The first-order chi connectivity index (χ1) is 13.4. The van der Waals surface area contributed by atoms with Crippen molar-refractivity contribution in [1.82, 2.24) is 0 Å². The molecule has 3 nitrogen and oxygen atoms in total. The number of carbonyl (C=O) groups excluding carboxylic acids is 1. The molecular formula is C24H31O3S+. The third-order valence-corrected chi connectivity index (χ3v) is 8.32. The summed E-state index contributed by atoms with van der Waals surface area (Å²) in [5, 5.41) is 0.0983. The van der Waals surface area contributed by atoms with Gasteiger partial charge in [0.25, 0.3) is 0 Å². The van der Waals surface area contributed by atoms with Crippen LogP contribution in [0.4, 0.5) is 0 Å². The number of hydrogen-bond acceptors (Lipinski definition) is 3. The summed E-state index contributed by atoms with van der Waals surface area (Å²) in [7, 11) is 1.83. The Hall–Kier alpha value is -1.94. The van der Waals surface area contributed by atoms with Gasteiger partial charge in [0.1, 0.15) is 28.8 Å². The maximum Gasteiger partial charge on any atom is 0.215 e. The normalized spacial score (nSPS) is 16.4. The number of Topliss-reactive ketones (excluding diaryl/α,β-unsaturated/α-hetero) is 1. The Labute approximate surface area is 171 Å². The Morgan fingerprint density at radius 2 is 1.36 bits per heavy atom. The highest BCUT2D eigenvalue weighted by Gasteiger charge is 2.45. The van der Waals surface area contributed by atoms with E-state index in [-0.39, 0.29) is 27.3 Å². The number of ketones is 1. The molecule has 1 saturated heterocycles. The van der Waals surface area contributed by atoms with Crippen LogP contribution in [0.5, 0.6) is 17.2 Å². The first kappa shape index (κ1) is 20.8. The summed E-state index contributed by atoms with van der Waals surface area (Å²) >= 11 is 0. The fourth-order valence-electron chi connectivity index (χ4n) is 3.75. The Kier molecular flexibility index (Phi) is 6.71. The lowest BCUT2D eigenvalue weighted by molar-refractivity contribution is 0.0948. The zero-order valence-corrected chi connectivity index (χ0v) is 18.2. The first-order valence-electron chi connectivity index (χ1n) is 10.0. The van der Waals surface area contributed by atoms with Crippen molar-refractivity contribution in [3.05, 3.63) is 54.1 Å². The Morgan fingerprint density at radius 3 is 1.86 bits per heavy atom. The highest BCUT2D eigenvalue weighted by atomic mass is 32.2. The molecule has 0 radical (unpaired) electrons. The van der Waals surface area contributed by atoms with Crippen LogP contribution < -0.4 is 9.47 Å². The molecule has 0 N–H and O–H groups in total. The summed E-state index contributed by atoms with van der Waals surface area (Å²) in [6.07, 6.45) is 3.83. The van der Waals surface area contributed by atoms with Crippen LogP contribution in [0.25, 0.3) is 0 Å². The molecule has 0 bridgehead atoms. The molecular weight excluding hydrogens is 368 g/mol. The zero-order chi connectivity index (χ0) is 20.1. The largest absolute Gasteiger partial charge is 0.497 e. The molecule has 0 saturated carbocycles. The van der Waals surface area contributed by atoms with E-state index in [1.807, 2.05) is 48.5 Å². The van der Waals surface area contributed by atoms with E-state index in [0.717, 1.165) is 22.8 Å². The van der Waals surface area contributed by atoms with Crippen molar-refractivity contribution in [3.8, 4) is 17.2 Å². The van der Waals surface area contributed by atoms with E-state index >= 15 is 0 Å². The van der Waals surface area contributed by atoms with Gasteiger partial charge in [0.2, 0.25) is 5.78 Å². The van der Waals surface area contributed by atoms with Crippen LogP contribution in [0.2, 0.25) is 0 Å². The standard InChI is InChI=1S/C24H31O3S/c1-24(2,3)23(28-16-6-5-7-17-28)22(25)18-8-10-20(11-9-18)27-21-14-12-19(26-4)13-15-21/h8-15,23H,5-7,16-17H2,1-4H3/q+1. The van der Waals surface area contributed by atoms with E-state index in [2.05, 4.69) is 20.8 Å². The van der Waals surface area contributed by atoms with Crippen molar-refractivity contribution in [2.24, 2.45) is 5.41 Å². The molecule has 1 atom stereocenters. The predicted molar refractivity (Wildman–Crippen MR) is 118 cm³/mol. The van der Waals surface area contributed by atoms with Gasteiger partial charge in [-0.1, -0.05) is 20.8 Å². The number of rotatable bonds is 6. The maximum atomic E-state index is 13.4. The van der Waals surface area contributed by atoms with Gasteiger partial charge in [-0.3, -0.25) is 4.79 Å². The summed E-state index contributed by atoms with van der Waals surface area (Å²) in [4.78, 5) is 13.4. The van der Waals surface area contributed by atoms with Crippen molar-refractivity contribution in [3.63, 3.8) is 0 Å². The van der Waals surface area contributed by atoms with E-state index in [4.69, 9.17) is 9.47 Å². The second-order valence-corrected chi connectivity index (χ2v) is 10.8. The lowest BCUT2D eigenvalue weighted by Gasteiger charge is -2.31. The topological polar surface area (TPSA) is 35.5 Å². The van der Waals surface area contributed by atoms with Crippen LogP contribution >= 0.6 is 0 Å². The molecule has 1 aliphatic rings. The van der Waals surface area contributed by atoms with E-state index < -0.39 is 0 Å². The third kappa shape index (κ3) is 5.11. The Morgan fingerprint density at radius 1 is 0.857 bits per heavy atom. The van der Waals surface area contributed by atoms with Crippen LogP contribution in [0.3, 0.4) is 0 Å². The van der Waals surface area contributed by atoms with E-state index in [0.29, 0.717) is 0 Å². The molecule has 0 aliphatic carbocycles. The first-order valence-corrected chi connectivity index (χ1v) is 11.6. The number of hydrogen-bond donors (Lipinski definition) is 0. The summed E-state index contributed by atoms with van der Waals surface area (Å²) in [5.74, 6) is 4.96. The van der Waals surface area contributed by atoms with Gasteiger partial charge in [-0.15, -0.1) is 0 Å². The van der Waals surface area contributed by atoms with Crippen LogP contribution in [-0.2, 0) is 10.9 Å². The van der Waals surface area contributed by atoms with E-state index in [9.17, 15) is 4.79 Å². The van der Waals surface area contributed by atoms with Crippen molar-refractivity contribution < 1.29 is 14.3 Å². The van der Waals surface area contributed by atoms with Gasteiger partial charge in [-0.25, -0.2) is 0 Å². The summed E-state index contributed by atoms with van der Waals surface area (Å²) < 4.78 is 11.1. The average molecular weight is 400 g/mol. The van der Waals surface area contributed by atoms with E-state index in [1.165, 1.54) is 30.8 Å². The second-order valence-electron chi connectivity index (χ2n) is 8.42. The zero-order valence-electron chi connectivity index (χ0n) is 17.4. The number of methoxy groups -OCH3 is 1. The van der Waals surface area contributed by atoms with Gasteiger partial charge < -0.3 is 9.47 Å². The third-order valence-electron chi connectivity index (χ3n) is 5.11. The molecule has 0 aromatic heterocycles. The van der Waals surface area contributed by atoms with Gasteiger partial charge in [-0.2, -0.15) is 0 Å².